The molecule has 0 fully saturated rings. The highest BCUT2D eigenvalue weighted by molar-refractivity contribution is 9.10. The second-order valence-electron chi connectivity index (χ2n) is 3.37. The fourth-order valence-electron chi connectivity index (χ4n) is 1.37. The van der Waals surface area contributed by atoms with Gasteiger partial charge in [-0.05, 0) is 30.2 Å². The molecule has 1 aromatic carbocycles. The quantitative estimate of drug-likeness (QED) is 0.882. The van der Waals surface area contributed by atoms with Crippen molar-refractivity contribution in [2.24, 2.45) is 0 Å². The Morgan fingerprint density at radius 3 is 2.79 bits per heavy atom. The molecule has 0 saturated carbocycles. The van der Waals surface area contributed by atoms with E-state index in [1.165, 1.54) is 5.56 Å². The summed E-state index contributed by atoms with van der Waals surface area (Å²) in [4.78, 5) is 0. The Labute approximate surface area is 99.0 Å². The van der Waals surface area contributed by atoms with Crippen molar-refractivity contribution in [3.8, 4) is 0 Å². The second kappa shape index (κ2) is 5.74. The molecule has 0 aromatic heterocycles. The zero-order valence-electron chi connectivity index (χ0n) is 8.48. The van der Waals surface area contributed by atoms with E-state index in [9.17, 15) is 0 Å². The molecular weight excluding hydrogens is 261 g/mol. The Bertz CT molecular complexity index is 301. The minimum absolute atomic E-state index is 0.454. The molecule has 0 radical (unpaired) electrons. The maximum absolute atomic E-state index is 6.15. The van der Waals surface area contributed by atoms with Gasteiger partial charge in [0.2, 0.25) is 0 Å². The lowest BCUT2D eigenvalue weighted by Crippen LogP contribution is -2.19. The van der Waals surface area contributed by atoms with E-state index < -0.39 is 0 Å². The number of benzene rings is 1. The molecule has 0 bridgehead atoms. The molecule has 0 saturated heterocycles. The van der Waals surface area contributed by atoms with E-state index >= 15 is 0 Å². The van der Waals surface area contributed by atoms with E-state index in [2.05, 4.69) is 41.2 Å². The molecule has 0 spiro atoms. The topological polar surface area (TPSA) is 12.0 Å². The van der Waals surface area contributed by atoms with Gasteiger partial charge in [-0.3, -0.25) is 0 Å². The van der Waals surface area contributed by atoms with Gasteiger partial charge >= 0.3 is 0 Å². The van der Waals surface area contributed by atoms with Gasteiger partial charge < -0.3 is 5.32 Å². The fourth-order valence-corrected chi connectivity index (χ4v) is 2.23. The third-order valence-electron chi connectivity index (χ3n) is 2.19. The summed E-state index contributed by atoms with van der Waals surface area (Å²) in [6, 6.07) is 6.05. The number of rotatable bonds is 4. The van der Waals surface area contributed by atoms with Gasteiger partial charge in [0.1, 0.15) is 0 Å². The van der Waals surface area contributed by atoms with Crippen molar-refractivity contribution in [3.05, 3.63) is 33.3 Å². The summed E-state index contributed by atoms with van der Waals surface area (Å²) in [5, 5.41) is 4.16. The third kappa shape index (κ3) is 3.26. The van der Waals surface area contributed by atoms with E-state index in [4.69, 9.17) is 11.6 Å². The fraction of sp³-hybridized carbons (Fsp3) is 0.455. The van der Waals surface area contributed by atoms with Crippen LogP contribution in [0.5, 0.6) is 0 Å². The minimum Gasteiger partial charge on any atom is -0.316 e. The Hall–Kier alpha value is -0.0500. The first-order valence-electron chi connectivity index (χ1n) is 4.80. The number of hydrogen-bond acceptors (Lipinski definition) is 1. The lowest BCUT2D eigenvalue weighted by Gasteiger charge is -2.13. The average molecular weight is 277 g/mol. The lowest BCUT2D eigenvalue weighted by atomic mass is 10.0. The summed E-state index contributed by atoms with van der Waals surface area (Å²) in [7, 11) is 0. The number of halogens is 2. The van der Waals surface area contributed by atoms with Crippen molar-refractivity contribution in [1.82, 2.24) is 5.32 Å². The molecule has 1 rings (SSSR count). The first-order chi connectivity index (χ1) is 6.65. The van der Waals surface area contributed by atoms with Crippen molar-refractivity contribution in [3.63, 3.8) is 0 Å². The van der Waals surface area contributed by atoms with Crippen LogP contribution in [0.4, 0.5) is 0 Å². The van der Waals surface area contributed by atoms with Crippen molar-refractivity contribution in [2.75, 3.05) is 13.1 Å². The zero-order valence-corrected chi connectivity index (χ0v) is 10.8. The highest BCUT2D eigenvalue weighted by Crippen LogP contribution is 2.27. The van der Waals surface area contributed by atoms with E-state index in [1.807, 2.05) is 12.1 Å². The standard InChI is InChI=1S/C11H15BrClN/c1-3-14-7-8(2)10-5-4-9(12)6-11(10)13/h4-6,8,14H,3,7H2,1-2H3. The van der Waals surface area contributed by atoms with Crippen LogP contribution in [0.2, 0.25) is 5.02 Å². The molecule has 78 valence electrons. The molecule has 1 atom stereocenters. The first kappa shape index (κ1) is 12.0. The van der Waals surface area contributed by atoms with E-state index in [-0.39, 0.29) is 0 Å². The summed E-state index contributed by atoms with van der Waals surface area (Å²) < 4.78 is 1.03. The maximum atomic E-state index is 6.15. The predicted molar refractivity (Wildman–Crippen MR) is 66.1 cm³/mol. The smallest absolute Gasteiger partial charge is 0.0452 e. The highest BCUT2D eigenvalue weighted by Gasteiger charge is 2.08. The summed E-state index contributed by atoms with van der Waals surface area (Å²) in [5.41, 5.74) is 1.20. The van der Waals surface area contributed by atoms with Crippen molar-refractivity contribution in [1.29, 1.82) is 0 Å². The molecular formula is C11H15BrClN. The largest absolute Gasteiger partial charge is 0.316 e. The predicted octanol–water partition coefficient (Wildman–Crippen LogP) is 3.82. The molecule has 1 N–H and O–H groups in total. The van der Waals surface area contributed by atoms with E-state index in [1.54, 1.807) is 0 Å². The summed E-state index contributed by atoms with van der Waals surface area (Å²) in [6.45, 7) is 6.25. The van der Waals surface area contributed by atoms with Crippen molar-refractivity contribution in [2.45, 2.75) is 19.8 Å². The molecule has 1 unspecified atom stereocenters. The average Bonchev–Trinajstić information content (AvgIpc) is 2.14. The Kier molecular flexibility index (Phi) is 4.93. The van der Waals surface area contributed by atoms with Crippen LogP contribution in [-0.4, -0.2) is 13.1 Å². The molecule has 1 aromatic rings. The molecule has 0 amide bonds. The normalized spacial score (nSPS) is 12.9. The van der Waals surface area contributed by atoms with Gasteiger partial charge in [-0.15, -0.1) is 0 Å². The third-order valence-corrected chi connectivity index (χ3v) is 3.01. The SMILES string of the molecule is CCNCC(C)c1ccc(Br)cc1Cl. The van der Waals surface area contributed by atoms with Gasteiger partial charge in [0.25, 0.3) is 0 Å². The molecule has 1 nitrogen and oxygen atoms in total. The van der Waals surface area contributed by atoms with Crippen LogP contribution in [0.25, 0.3) is 0 Å². The summed E-state index contributed by atoms with van der Waals surface area (Å²) in [6.07, 6.45) is 0. The van der Waals surface area contributed by atoms with Crippen molar-refractivity contribution >= 4 is 27.5 Å². The van der Waals surface area contributed by atoms with Crippen LogP contribution in [-0.2, 0) is 0 Å². The Morgan fingerprint density at radius 2 is 2.21 bits per heavy atom. The molecule has 0 aliphatic heterocycles. The molecule has 14 heavy (non-hydrogen) atoms. The van der Waals surface area contributed by atoms with E-state index in [0.717, 1.165) is 22.6 Å². The molecule has 0 aliphatic carbocycles. The molecule has 0 aliphatic rings. The lowest BCUT2D eigenvalue weighted by molar-refractivity contribution is 0.635. The van der Waals surface area contributed by atoms with Gasteiger partial charge in [-0.25, -0.2) is 0 Å². The van der Waals surface area contributed by atoms with Gasteiger partial charge in [-0.2, -0.15) is 0 Å². The van der Waals surface area contributed by atoms with Crippen LogP contribution in [0.3, 0.4) is 0 Å². The van der Waals surface area contributed by atoms with Crippen LogP contribution >= 0.6 is 27.5 Å². The molecule has 3 heteroatoms. The highest BCUT2D eigenvalue weighted by atomic mass is 79.9. The summed E-state index contributed by atoms with van der Waals surface area (Å²) >= 11 is 9.54. The van der Waals surface area contributed by atoms with Crippen LogP contribution in [0.1, 0.15) is 25.3 Å². The van der Waals surface area contributed by atoms with Crippen LogP contribution in [0.15, 0.2) is 22.7 Å². The van der Waals surface area contributed by atoms with E-state index in [0.29, 0.717) is 5.92 Å². The Balaban J connectivity index is 2.74. The van der Waals surface area contributed by atoms with Gasteiger partial charge in [0.15, 0.2) is 0 Å². The number of hydrogen-bond donors (Lipinski definition) is 1. The van der Waals surface area contributed by atoms with Gasteiger partial charge in [0, 0.05) is 16.0 Å². The van der Waals surface area contributed by atoms with Crippen molar-refractivity contribution < 1.29 is 0 Å². The monoisotopic (exact) mass is 275 g/mol. The van der Waals surface area contributed by atoms with Gasteiger partial charge in [-0.1, -0.05) is 47.4 Å². The molecule has 0 heterocycles. The maximum Gasteiger partial charge on any atom is 0.0452 e. The minimum atomic E-state index is 0.454. The summed E-state index contributed by atoms with van der Waals surface area (Å²) in [5.74, 6) is 0.454. The number of likely N-dealkylation sites (N-methyl/N-ethyl adjacent to an activating group) is 1. The first-order valence-corrected chi connectivity index (χ1v) is 5.98. The second-order valence-corrected chi connectivity index (χ2v) is 4.70. The van der Waals surface area contributed by atoms with Gasteiger partial charge in [0.05, 0.1) is 0 Å². The number of nitrogens with one attached hydrogen (secondary N) is 1. The van der Waals surface area contributed by atoms with Crippen LogP contribution in [0, 0.1) is 0 Å². The zero-order chi connectivity index (χ0) is 10.6. The van der Waals surface area contributed by atoms with Crippen LogP contribution < -0.4 is 5.32 Å². The Morgan fingerprint density at radius 1 is 1.50 bits per heavy atom.